The number of rotatable bonds is 7. The van der Waals surface area contributed by atoms with Crippen molar-refractivity contribution in [3.05, 3.63) is 0 Å². The van der Waals surface area contributed by atoms with Gasteiger partial charge in [-0.05, 0) is 19.3 Å². The van der Waals surface area contributed by atoms with Gasteiger partial charge in [0.05, 0.1) is 13.0 Å². The monoisotopic (exact) mass is 425 g/mol. The number of hydrogen-bond donors (Lipinski definition) is 1. The summed E-state index contributed by atoms with van der Waals surface area (Å²) in [6.07, 6.45) is 4.89. The predicted molar refractivity (Wildman–Crippen MR) is 102 cm³/mol. The van der Waals surface area contributed by atoms with Crippen molar-refractivity contribution in [2.24, 2.45) is 16.8 Å². The highest BCUT2D eigenvalue weighted by atomic mass is 127. The van der Waals surface area contributed by atoms with Gasteiger partial charge < -0.3 is 15.0 Å². The minimum atomic E-state index is -0.108. The Labute approximate surface area is 152 Å². The molecule has 0 saturated carbocycles. The van der Waals surface area contributed by atoms with Crippen molar-refractivity contribution in [2.45, 2.75) is 46.5 Å². The average molecular weight is 425 g/mol. The number of ether oxygens (including phenoxy) is 1. The third kappa shape index (κ3) is 6.71. The number of carbonyl (C=O) groups excluding carboxylic acids is 1. The topological polar surface area (TPSA) is 53.9 Å². The molecule has 2 unspecified atom stereocenters. The summed E-state index contributed by atoms with van der Waals surface area (Å²) in [6, 6.07) is 0. The summed E-state index contributed by atoms with van der Waals surface area (Å²) in [5.74, 6) is 1.09. The van der Waals surface area contributed by atoms with Crippen LogP contribution in [0.25, 0.3) is 0 Å². The van der Waals surface area contributed by atoms with Crippen molar-refractivity contribution in [3.8, 4) is 0 Å². The zero-order chi connectivity index (χ0) is 15.7. The maximum atomic E-state index is 11.8. The van der Waals surface area contributed by atoms with Gasteiger partial charge in [0.1, 0.15) is 0 Å². The van der Waals surface area contributed by atoms with Crippen LogP contribution >= 0.6 is 24.0 Å². The van der Waals surface area contributed by atoms with Gasteiger partial charge in [0, 0.05) is 26.2 Å². The summed E-state index contributed by atoms with van der Waals surface area (Å²) in [5.41, 5.74) is 0. The van der Waals surface area contributed by atoms with Gasteiger partial charge in [0.2, 0.25) is 0 Å². The van der Waals surface area contributed by atoms with Crippen molar-refractivity contribution in [2.75, 3.05) is 33.3 Å². The number of guanidine groups is 1. The number of esters is 1. The largest absolute Gasteiger partial charge is 0.469 e. The molecule has 1 fully saturated rings. The van der Waals surface area contributed by atoms with Crippen molar-refractivity contribution >= 4 is 35.9 Å². The van der Waals surface area contributed by atoms with E-state index in [1.165, 1.54) is 26.4 Å². The quantitative estimate of drug-likeness (QED) is 0.224. The van der Waals surface area contributed by atoms with Gasteiger partial charge in [0.15, 0.2) is 5.96 Å². The van der Waals surface area contributed by atoms with E-state index in [2.05, 4.69) is 31.0 Å². The lowest BCUT2D eigenvalue weighted by atomic mass is 9.99. The molecule has 0 aromatic carbocycles. The van der Waals surface area contributed by atoms with Crippen LogP contribution in [0.5, 0.6) is 0 Å². The Kier molecular flexibility index (Phi) is 11.7. The van der Waals surface area contributed by atoms with Crippen LogP contribution in [0.1, 0.15) is 46.5 Å². The minimum absolute atomic E-state index is 0. The molecule has 5 nitrogen and oxygen atoms in total. The van der Waals surface area contributed by atoms with E-state index in [0.29, 0.717) is 12.5 Å². The molecule has 1 aliphatic rings. The molecule has 0 bridgehead atoms. The van der Waals surface area contributed by atoms with Crippen LogP contribution < -0.4 is 5.32 Å². The number of likely N-dealkylation sites (tertiary alicyclic amines) is 1. The molecule has 22 heavy (non-hydrogen) atoms. The summed E-state index contributed by atoms with van der Waals surface area (Å²) in [5, 5.41) is 3.34. The Morgan fingerprint density at radius 1 is 1.27 bits per heavy atom. The Balaban J connectivity index is 0.00000441. The van der Waals surface area contributed by atoms with Gasteiger partial charge >= 0.3 is 5.97 Å². The number of carbonyl (C=O) groups is 1. The first-order valence-corrected chi connectivity index (χ1v) is 8.25. The molecule has 1 rings (SSSR count). The molecule has 1 heterocycles. The van der Waals surface area contributed by atoms with Crippen LogP contribution in [0.3, 0.4) is 0 Å². The molecule has 6 heteroatoms. The Morgan fingerprint density at radius 2 is 2.00 bits per heavy atom. The van der Waals surface area contributed by atoms with E-state index >= 15 is 0 Å². The molecule has 130 valence electrons. The van der Waals surface area contributed by atoms with E-state index in [9.17, 15) is 4.79 Å². The fraction of sp³-hybridized carbons (Fsp3) is 0.875. The number of hydrogen-bond acceptors (Lipinski definition) is 3. The van der Waals surface area contributed by atoms with Crippen molar-refractivity contribution in [1.29, 1.82) is 0 Å². The summed E-state index contributed by atoms with van der Waals surface area (Å²) in [6.45, 7) is 9.66. The summed E-state index contributed by atoms with van der Waals surface area (Å²) in [7, 11) is 1.46. The molecule has 0 spiro atoms. The van der Waals surface area contributed by atoms with E-state index in [4.69, 9.17) is 9.73 Å². The number of aliphatic imine (C=N–C) groups is 1. The van der Waals surface area contributed by atoms with Crippen LogP contribution in [-0.2, 0) is 9.53 Å². The van der Waals surface area contributed by atoms with Gasteiger partial charge in [-0.15, -0.1) is 24.0 Å². The first-order valence-electron chi connectivity index (χ1n) is 8.25. The molecule has 0 aromatic heterocycles. The van der Waals surface area contributed by atoms with Gasteiger partial charge in [-0.1, -0.05) is 33.1 Å². The van der Waals surface area contributed by atoms with Crippen molar-refractivity contribution in [1.82, 2.24) is 10.2 Å². The van der Waals surface area contributed by atoms with E-state index in [0.717, 1.165) is 32.0 Å². The van der Waals surface area contributed by atoms with E-state index in [-0.39, 0.29) is 35.9 Å². The number of methoxy groups -OCH3 is 1. The van der Waals surface area contributed by atoms with Gasteiger partial charge in [-0.2, -0.15) is 0 Å². The molecule has 1 saturated heterocycles. The molecule has 1 N–H and O–H groups in total. The lowest BCUT2D eigenvalue weighted by molar-refractivity contribution is -0.145. The molecular weight excluding hydrogens is 393 g/mol. The second kappa shape index (κ2) is 12.0. The molecule has 0 amide bonds. The fourth-order valence-corrected chi connectivity index (χ4v) is 2.75. The van der Waals surface area contributed by atoms with E-state index in [1.807, 2.05) is 0 Å². The SMILES string of the molecule is CCCCCCN=C(NCC)N1CC(C)C(C(=O)OC)C1.I. The van der Waals surface area contributed by atoms with Gasteiger partial charge in [-0.3, -0.25) is 9.79 Å². The predicted octanol–water partition coefficient (Wildman–Crippen LogP) is 2.89. The first-order chi connectivity index (χ1) is 10.1. The third-order valence-corrected chi connectivity index (χ3v) is 4.02. The van der Waals surface area contributed by atoms with Crippen LogP contribution in [0, 0.1) is 11.8 Å². The maximum absolute atomic E-state index is 11.8. The molecule has 1 aliphatic heterocycles. The standard InChI is InChI=1S/C16H31N3O2.HI/c1-5-7-8-9-10-18-16(17-6-2)19-11-13(3)14(12-19)15(20)21-4;/h13-14H,5-12H2,1-4H3,(H,17,18);1H. The molecule has 2 atom stereocenters. The normalized spacial score (nSPS) is 21.5. The lowest BCUT2D eigenvalue weighted by Gasteiger charge is -2.21. The number of nitrogens with one attached hydrogen (secondary N) is 1. The zero-order valence-corrected chi connectivity index (χ0v) is 16.8. The highest BCUT2D eigenvalue weighted by Crippen LogP contribution is 2.24. The summed E-state index contributed by atoms with van der Waals surface area (Å²) in [4.78, 5) is 18.7. The highest BCUT2D eigenvalue weighted by molar-refractivity contribution is 14.0. The highest BCUT2D eigenvalue weighted by Gasteiger charge is 2.36. The third-order valence-electron chi connectivity index (χ3n) is 4.02. The molecular formula is C16H32IN3O2. The summed E-state index contributed by atoms with van der Waals surface area (Å²) < 4.78 is 4.89. The number of unbranched alkanes of at least 4 members (excludes halogenated alkanes) is 3. The average Bonchev–Trinajstić information content (AvgIpc) is 2.87. The Hall–Kier alpha value is -0.530. The van der Waals surface area contributed by atoms with Crippen molar-refractivity contribution in [3.63, 3.8) is 0 Å². The Morgan fingerprint density at radius 3 is 2.59 bits per heavy atom. The fourth-order valence-electron chi connectivity index (χ4n) is 2.75. The van der Waals surface area contributed by atoms with Gasteiger partial charge in [-0.25, -0.2) is 0 Å². The minimum Gasteiger partial charge on any atom is -0.469 e. The first kappa shape index (κ1) is 21.5. The van der Waals surface area contributed by atoms with Gasteiger partial charge in [0.25, 0.3) is 0 Å². The number of halogens is 1. The Bertz CT molecular complexity index is 350. The van der Waals surface area contributed by atoms with Crippen LogP contribution in [-0.4, -0.2) is 50.1 Å². The second-order valence-corrected chi connectivity index (χ2v) is 5.81. The van der Waals surface area contributed by atoms with Crippen molar-refractivity contribution < 1.29 is 9.53 Å². The zero-order valence-electron chi connectivity index (χ0n) is 14.4. The maximum Gasteiger partial charge on any atom is 0.310 e. The van der Waals surface area contributed by atoms with E-state index < -0.39 is 0 Å². The smallest absolute Gasteiger partial charge is 0.310 e. The van der Waals surface area contributed by atoms with Crippen LogP contribution in [0.2, 0.25) is 0 Å². The van der Waals surface area contributed by atoms with Crippen LogP contribution in [0.4, 0.5) is 0 Å². The second-order valence-electron chi connectivity index (χ2n) is 5.81. The van der Waals surface area contributed by atoms with E-state index in [1.54, 1.807) is 0 Å². The molecule has 0 aromatic rings. The summed E-state index contributed by atoms with van der Waals surface area (Å²) >= 11 is 0. The lowest BCUT2D eigenvalue weighted by Crippen LogP contribution is -2.40. The molecule has 0 radical (unpaired) electrons. The molecule has 0 aliphatic carbocycles. The number of nitrogens with zero attached hydrogens (tertiary/aromatic N) is 2. The van der Waals surface area contributed by atoms with Crippen LogP contribution in [0.15, 0.2) is 4.99 Å².